The quantitative estimate of drug-likeness (QED) is 0.0164. The molecule has 0 heterocycles. The number of rotatable bonds is 29. The summed E-state index contributed by atoms with van der Waals surface area (Å²) in [6.45, 7) is 70.6. The molecule has 11 heteroatoms. The Kier molecular flexibility index (Phi) is 35.0. The summed E-state index contributed by atoms with van der Waals surface area (Å²) in [6.07, 6.45) is 59.1. The second kappa shape index (κ2) is 42.3. The van der Waals surface area contributed by atoms with Gasteiger partial charge in [0.1, 0.15) is 0 Å². The van der Waals surface area contributed by atoms with Crippen LogP contribution in [0, 0.1) is 170 Å². The van der Waals surface area contributed by atoms with E-state index in [2.05, 4.69) is 177 Å². The van der Waals surface area contributed by atoms with Crippen molar-refractivity contribution in [2.24, 2.45) is 170 Å². The van der Waals surface area contributed by atoms with E-state index in [-0.39, 0.29) is 56.5 Å². The molecule has 0 saturated heterocycles. The van der Waals surface area contributed by atoms with E-state index in [9.17, 15) is 34.5 Å². The van der Waals surface area contributed by atoms with Crippen molar-refractivity contribution in [1.82, 2.24) is 0 Å². The van der Waals surface area contributed by atoms with Gasteiger partial charge in [-0.2, -0.15) is 0 Å². The number of allylic oxidation sites excluding steroid dienone is 3. The van der Waals surface area contributed by atoms with Crippen LogP contribution in [-0.4, -0.2) is 77.6 Å². The first-order valence-electron chi connectivity index (χ1n) is 55.2. The maximum atomic E-state index is 12.8. The highest BCUT2D eigenvalue weighted by Gasteiger charge is 2.75. The maximum Gasteiger partial charge on any atom is 0.305 e. The summed E-state index contributed by atoms with van der Waals surface area (Å²) in [4.78, 5) is 45.4. The van der Waals surface area contributed by atoms with Crippen LogP contribution in [0.15, 0.2) is 36.5 Å². The van der Waals surface area contributed by atoms with E-state index >= 15 is 0 Å². The van der Waals surface area contributed by atoms with Gasteiger partial charge in [0.25, 0.3) is 6.47 Å². The van der Waals surface area contributed by atoms with Crippen molar-refractivity contribution in [3.63, 3.8) is 0 Å². The molecule has 15 aliphatic rings. The molecule has 0 aromatic carbocycles. The van der Waals surface area contributed by atoms with Crippen LogP contribution in [0.3, 0.4) is 0 Å². The molecule has 15 rings (SSSR count). The lowest BCUT2D eigenvalue weighted by molar-refractivity contribution is -0.250. The Bertz CT molecular complexity index is 3760. The van der Waals surface area contributed by atoms with Gasteiger partial charge < -0.3 is 29.5 Å². The fourth-order valence-electron chi connectivity index (χ4n) is 38.0. The number of carbonyl (C=O) groups excluding carboxylic acids is 4. The minimum Gasteiger partial charge on any atom is -0.468 e. The average molecular weight is 1820 g/mol. The zero-order valence-corrected chi connectivity index (χ0v) is 88.5. The van der Waals surface area contributed by atoms with Gasteiger partial charge in [0, 0.05) is 36.7 Å². The monoisotopic (exact) mass is 1810 g/mol. The number of unbranched alkanes of at least 4 members (excludes halogenated alkanes) is 12. The topological polar surface area (TPSA) is 157 Å². The molecule has 3 N–H and O–H groups in total. The molecule has 15 aliphatic carbocycles. The van der Waals surface area contributed by atoms with E-state index in [1.54, 1.807) is 0 Å². The van der Waals surface area contributed by atoms with Crippen molar-refractivity contribution in [2.45, 2.75) is 486 Å². The number of hydrogen-bond acceptors (Lipinski definition) is 10. The van der Waals surface area contributed by atoms with Crippen molar-refractivity contribution in [2.75, 3.05) is 26.4 Å². The molecular formula is C118H201ClO10. The number of hydrogen-bond donors (Lipinski definition) is 3. The molecule has 15 saturated carbocycles. The summed E-state index contributed by atoms with van der Waals surface area (Å²) in [7, 11) is 0. The van der Waals surface area contributed by atoms with Crippen LogP contribution in [0.1, 0.15) is 473 Å². The molecule has 10 nitrogen and oxygen atoms in total. The van der Waals surface area contributed by atoms with Gasteiger partial charge in [0.05, 0.1) is 32.0 Å². The first kappa shape index (κ1) is 107. The van der Waals surface area contributed by atoms with Crippen LogP contribution in [-0.2, 0) is 33.4 Å². The van der Waals surface area contributed by atoms with Crippen molar-refractivity contribution >= 4 is 35.3 Å². The smallest absolute Gasteiger partial charge is 0.305 e. The summed E-state index contributed by atoms with van der Waals surface area (Å²) in [6, 6.07) is 0. The van der Waals surface area contributed by atoms with Gasteiger partial charge in [-0.15, -0.1) is 0 Å². The Morgan fingerprint density at radius 2 is 0.690 bits per heavy atom. The predicted octanol–water partition coefficient (Wildman–Crippen LogP) is 31.5. The molecular weight excluding hydrogens is 1610 g/mol. The van der Waals surface area contributed by atoms with Crippen molar-refractivity contribution < 1.29 is 48.7 Å². The Morgan fingerprint density at radius 1 is 0.357 bits per heavy atom. The Balaban J connectivity index is 0.000000171. The fraction of sp³-hybridized carbons (Fsp3) is 0.915. The van der Waals surface area contributed by atoms with Crippen LogP contribution >= 0.6 is 11.6 Å². The number of carbonyl (C=O) groups is 4. The lowest BCUT2D eigenvalue weighted by Gasteiger charge is -2.73. The number of fused-ring (bicyclic) bond motifs is 21. The SMILES string of the molecule is C=C(C)[C@@H]1CC[C@]2(CO)CC[C@]3(C)[C@H](CC[C@@H]4[C@@]5(C)CC[C@H](O)C(C)(C)[C@@H]5CC[C@]43C)[C@@H]12.C=C(C)[C@@H]1CC[C@]2(COC(=O)CCCCCC)CC[C@]3(C)[C@H](CC[C@@H]4[C@@]5(C)CCCC(C)(C)[C@@H]5CC[C@]43C)[C@@H]12.C=C(C)[C@@H]1CC[C@]2(COC(=O)CCCCCC)CC[C@]3(C)[C@H](CC[C@@H]4[C@@]5(C)CC[C@H](O)C(C)(C)[C@@H]5CC[C@]43C)[C@@H]12.CCCCCCC(=O)Cl.CCCCCCOC=O. The number of esters is 2. The number of aliphatic hydroxyl groups is 3. The van der Waals surface area contributed by atoms with E-state index in [0.29, 0.717) is 160 Å². The van der Waals surface area contributed by atoms with Gasteiger partial charge in [-0.3, -0.25) is 19.2 Å². The highest BCUT2D eigenvalue weighted by molar-refractivity contribution is 6.63. The largest absolute Gasteiger partial charge is 0.468 e. The van der Waals surface area contributed by atoms with Crippen molar-refractivity contribution in [1.29, 1.82) is 0 Å². The summed E-state index contributed by atoms with van der Waals surface area (Å²) in [5.74, 6) is 10.3. The fourth-order valence-corrected chi connectivity index (χ4v) is 38.2. The molecule has 0 radical (unpaired) electrons. The third-order valence-corrected chi connectivity index (χ3v) is 45.8. The van der Waals surface area contributed by atoms with Gasteiger partial charge in [-0.05, 0) is 410 Å². The highest BCUT2D eigenvalue weighted by Crippen LogP contribution is 2.82. The lowest BCUT2D eigenvalue weighted by atomic mass is 9.32. The normalized spacial score (nSPS) is 44.0. The minimum absolute atomic E-state index is 0.00468. The standard InChI is InChI=1S/C37H62O3.C37H62O2.C30H50O2.C7H13ClO.C7H14O2/c1-9-10-11-12-13-31(39)40-24-37-21-16-26(25(2)3)32(37)27-14-15-29-34(6)19-18-30(38)33(4,5)28(34)17-20-36(29,8)35(27,7)22-23-37;1-9-10-11-12-14-31(38)39-25-37-22-17-27(26(2)3)32(37)28-15-16-30-34(6)20-13-19-33(4,5)29(34)18-21-36(30,8)35(28,7)23-24-37;1-19(2)20-10-15-30(18-31)17-16-28(6)21(25(20)30)8-9-23-27(5)13-12-24(32)26(3,4)22(27)11-14-29(23,28)7;1-2-3-4-5-6-7(8)9;1-2-3-4-5-6-9-7-8/h26-30,32,38H,2,9-24H2,1,3-8H3;27-30,32H,2,9-25H2,1,3-8H3;20-25,31-32H,1,8-18H2,2-7H3;2-6H2,1H3;7H,2-6H2,1H3/t26-,27+,28-,29+,30-,32+,34-,35+,36+,37+;27-,28+,29-,30+,32+,34-,35+,36+,37+;20-,21+,22-,23+,24-,25+,27-,28+,29+,30+;;/m000../s1. The maximum absolute atomic E-state index is 12.8. The number of halogens is 1. The van der Waals surface area contributed by atoms with Crippen LogP contribution < -0.4 is 0 Å². The van der Waals surface area contributed by atoms with Crippen LogP contribution in [0.2, 0.25) is 0 Å². The Morgan fingerprint density at radius 3 is 1.04 bits per heavy atom. The molecule has 0 aromatic heterocycles. The van der Waals surface area contributed by atoms with Gasteiger partial charge >= 0.3 is 11.9 Å². The molecule has 0 unspecified atom stereocenters. The van der Waals surface area contributed by atoms with E-state index in [4.69, 9.17) is 21.1 Å². The third-order valence-electron chi connectivity index (χ3n) is 45.7. The summed E-state index contributed by atoms with van der Waals surface area (Å²) in [5, 5.41) is 32.4. The molecule has 15 fully saturated rings. The van der Waals surface area contributed by atoms with Gasteiger partial charge in [0.2, 0.25) is 5.24 Å². The van der Waals surface area contributed by atoms with Gasteiger partial charge in [-0.1, -0.05) is 251 Å². The van der Waals surface area contributed by atoms with Crippen LogP contribution in [0.4, 0.5) is 0 Å². The molecule has 29 atom stereocenters. The molecule has 129 heavy (non-hydrogen) atoms. The molecule has 0 bridgehead atoms. The molecule has 0 amide bonds. The number of aliphatic hydroxyl groups excluding tert-OH is 3. The highest BCUT2D eigenvalue weighted by atomic mass is 35.5. The van der Waals surface area contributed by atoms with Gasteiger partial charge in [0.15, 0.2) is 0 Å². The predicted molar refractivity (Wildman–Crippen MR) is 536 cm³/mol. The summed E-state index contributed by atoms with van der Waals surface area (Å²) >= 11 is 5.12. The zero-order chi connectivity index (χ0) is 94.8. The number of ether oxygens (including phenoxy) is 3. The van der Waals surface area contributed by atoms with Crippen LogP contribution in [0.25, 0.3) is 0 Å². The van der Waals surface area contributed by atoms with Crippen LogP contribution in [0.5, 0.6) is 0 Å². The lowest BCUT2D eigenvalue weighted by Crippen LogP contribution is -2.66. The first-order chi connectivity index (χ1) is 60.7. The third kappa shape index (κ3) is 19.7. The average Bonchev–Trinajstić information content (AvgIpc) is 1.66. The first-order valence-corrected chi connectivity index (χ1v) is 55.5. The van der Waals surface area contributed by atoms with Gasteiger partial charge in [-0.25, -0.2) is 0 Å². The van der Waals surface area contributed by atoms with Crippen molar-refractivity contribution in [3.8, 4) is 0 Å². The van der Waals surface area contributed by atoms with E-state index in [1.807, 2.05) is 0 Å². The van der Waals surface area contributed by atoms with E-state index < -0.39 is 0 Å². The molecule has 0 aliphatic heterocycles. The Labute approximate surface area is 797 Å². The second-order valence-electron chi connectivity index (χ2n) is 52.5. The van der Waals surface area contributed by atoms with Crippen molar-refractivity contribution in [3.05, 3.63) is 36.5 Å². The summed E-state index contributed by atoms with van der Waals surface area (Å²) in [5.41, 5.74) is 8.37. The van der Waals surface area contributed by atoms with E-state index in [1.165, 1.54) is 261 Å². The zero-order valence-electron chi connectivity index (χ0n) is 87.8. The molecule has 0 aromatic rings. The summed E-state index contributed by atoms with van der Waals surface area (Å²) < 4.78 is 16.8. The minimum atomic E-state index is -0.203. The Hall–Kier alpha value is -2.53. The second-order valence-corrected chi connectivity index (χ2v) is 53.0. The molecule has 740 valence electrons. The molecule has 0 spiro atoms. The van der Waals surface area contributed by atoms with E-state index in [0.717, 1.165) is 93.3 Å².